The van der Waals surface area contributed by atoms with Gasteiger partial charge in [-0.05, 0) is 18.2 Å². The third-order valence-electron chi connectivity index (χ3n) is 1.75. The van der Waals surface area contributed by atoms with E-state index in [9.17, 15) is 18.4 Å². The highest BCUT2D eigenvalue weighted by atomic mass is 19.3. The number of alkyl halides is 2. The lowest BCUT2D eigenvalue weighted by Crippen LogP contribution is -2.11. The van der Waals surface area contributed by atoms with Crippen molar-refractivity contribution in [2.24, 2.45) is 0 Å². The summed E-state index contributed by atoms with van der Waals surface area (Å²) in [4.78, 5) is 21.5. The lowest BCUT2D eigenvalue weighted by molar-refractivity contribution is -0.114. The van der Waals surface area contributed by atoms with Crippen LogP contribution in [0, 0.1) is 0 Å². The number of carbonyl (C=O) groups is 2. The number of carboxylic acids is 1. The maximum Gasteiger partial charge on any atom is 0.387 e. The van der Waals surface area contributed by atoms with Crippen molar-refractivity contribution in [3.05, 3.63) is 23.8 Å². The van der Waals surface area contributed by atoms with Crippen LogP contribution in [0.15, 0.2) is 18.2 Å². The molecule has 0 aromatic heterocycles. The Balaban J connectivity index is 3.11. The van der Waals surface area contributed by atoms with E-state index < -0.39 is 18.5 Å². The zero-order valence-corrected chi connectivity index (χ0v) is 8.74. The Morgan fingerprint density at radius 2 is 2.06 bits per heavy atom. The van der Waals surface area contributed by atoms with Crippen molar-refractivity contribution >= 4 is 17.6 Å². The lowest BCUT2D eigenvalue weighted by Gasteiger charge is -2.11. The predicted molar refractivity (Wildman–Crippen MR) is 54.3 cm³/mol. The van der Waals surface area contributed by atoms with Gasteiger partial charge in [0, 0.05) is 6.92 Å². The summed E-state index contributed by atoms with van der Waals surface area (Å²) in [5.74, 6) is -2.05. The first-order chi connectivity index (χ1) is 7.90. The van der Waals surface area contributed by atoms with Gasteiger partial charge in [-0.2, -0.15) is 8.78 Å². The summed E-state index contributed by atoms with van der Waals surface area (Å²) in [7, 11) is 0. The van der Waals surface area contributed by atoms with Gasteiger partial charge in [-0.1, -0.05) is 0 Å². The second-order valence-corrected chi connectivity index (χ2v) is 3.08. The predicted octanol–water partition coefficient (Wildman–Crippen LogP) is 1.94. The molecule has 0 aliphatic rings. The standard InChI is InChI=1S/C10H9F2NO4/c1-5(14)13-7-4-6(9(15)16)2-3-8(7)17-10(11)12/h2-4,10H,1H3,(H,13,14)(H,15,16). The zero-order chi connectivity index (χ0) is 13.0. The summed E-state index contributed by atoms with van der Waals surface area (Å²) in [5, 5.41) is 10.9. The van der Waals surface area contributed by atoms with E-state index in [0.29, 0.717) is 0 Å². The van der Waals surface area contributed by atoms with Crippen molar-refractivity contribution in [3.63, 3.8) is 0 Å². The molecular formula is C10H9F2NO4. The molecular weight excluding hydrogens is 236 g/mol. The Kier molecular flexibility index (Phi) is 3.97. The molecule has 17 heavy (non-hydrogen) atoms. The minimum atomic E-state index is -3.06. The van der Waals surface area contributed by atoms with Crippen molar-refractivity contribution in [1.82, 2.24) is 0 Å². The molecule has 0 radical (unpaired) electrons. The molecule has 1 rings (SSSR count). The molecule has 0 aliphatic carbocycles. The first-order valence-electron chi connectivity index (χ1n) is 4.50. The minimum Gasteiger partial charge on any atom is -0.478 e. The molecule has 7 heteroatoms. The summed E-state index contributed by atoms with van der Waals surface area (Å²) >= 11 is 0. The van der Waals surface area contributed by atoms with Crippen molar-refractivity contribution < 1.29 is 28.2 Å². The Morgan fingerprint density at radius 3 is 2.53 bits per heavy atom. The molecule has 1 aromatic carbocycles. The van der Waals surface area contributed by atoms with Gasteiger partial charge in [0.05, 0.1) is 11.3 Å². The van der Waals surface area contributed by atoms with Crippen LogP contribution in [0.3, 0.4) is 0 Å². The molecule has 2 N–H and O–H groups in total. The number of ether oxygens (including phenoxy) is 1. The summed E-state index contributed by atoms with van der Waals surface area (Å²) in [6.07, 6.45) is 0. The molecule has 0 heterocycles. The summed E-state index contributed by atoms with van der Waals surface area (Å²) in [6.45, 7) is -1.89. The van der Waals surface area contributed by atoms with E-state index >= 15 is 0 Å². The number of amides is 1. The van der Waals surface area contributed by atoms with Crippen LogP contribution < -0.4 is 10.1 Å². The van der Waals surface area contributed by atoms with E-state index in [2.05, 4.69) is 10.1 Å². The molecule has 0 unspecified atom stereocenters. The Hall–Kier alpha value is -2.18. The van der Waals surface area contributed by atoms with Gasteiger partial charge in [0.25, 0.3) is 0 Å². The number of hydrogen-bond donors (Lipinski definition) is 2. The van der Waals surface area contributed by atoms with Gasteiger partial charge >= 0.3 is 12.6 Å². The van der Waals surface area contributed by atoms with Crippen LogP contribution in [-0.4, -0.2) is 23.6 Å². The average molecular weight is 245 g/mol. The second-order valence-electron chi connectivity index (χ2n) is 3.08. The molecule has 1 amide bonds. The summed E-state index contributed by atoms with van der Waals surface area (Å²) in [6, 6.07) is 3.20. The number of carboxylic acid groups (broad SMARTS) is 1. The van der Waals surface area contributed by atoms with Gasteiger partial charge in [0.15, 0.2) is 0 Å². The minimum absolute atomic E-state index is 0.113. The molecule has 0 atom stereocenters. The fourth-order valence-corrected chi connectivity index (χ4v) is 1.15. The largest absolute Gasteiger partial charge is 0.478 e. The van der Waals surface area contributed by atoms with E-state index in [-0.39, 0.29) is 17.0 Å². The first kappa shape index (κ1) is 12.9. The van der Waals surface area contributed by atoms with Crippen LogP contribution in [0.2, 0.25) is 0 Å². The number of aromatic carboxylic acids is 1. The highest BCUT2D eigenvalue weighted by Crippen LogP contribution is 2.27. The number of rotatable bonds is 4. The number of hydrogen-bond acceptors (Lipinski definition) is 3. The summed E-state index contributed by atoms with van der Waals surface area (Å²) < 4.78 is 28.2. The monoisotopic (exact) mass is 245 g/mol. The van der Waals surface area contributed by atoms with Gasteiger partial charge in [-0.3, -0.25) is 4.79 Å². The molecule has 92 valence electrons. The number of halogens is 2. The third kappa shape index (κ3) is 3.71. The van der Waals surface area contributed by atoms with Gasteiger partial charge in [-0.15, -0.1) is 0 Å². The van der Waals surface area contributed by atoms with E-state index in [1.807, 2.05) is 0 Å². The third-order valence-corrected chi connectivity index (χ3v) is 1.75. The highest BCUT2D eigenvalue weighted by Gasteiger charge is 2.13. The van der Waals surface area contributed by atoms with Crippen LogP contribution in [0.5, 0.6) is 5.75 Å². The van der Waals surface area contributed by atoms with E-state index in [1.165, 1.54) is 6.92 Å². The molecule has 5 nitrogen and oxygen atoms in total. The first-order valence-corrected chi connectivity index (χ1v) is 4.50. The maximum absolute atomic E-state index is 12.0. The average Bonchev–Trinajstić information content (AvgIpc) is 2.18. The van der Waals surface area contributed by atoms with E-state index in [4.69, 9.17) is 5.11 Å². The van der Waals surface area contributed by atoms with E-state index in [0.717, 1.165) is 18.2 Å². The molecule has 0 spiro atoms. The van der Waals surface area contributed by atoms with Crippen LogP contribution in [0.25, 0.3) is 0 Å². The normalized spacial score (nSPS) is 10.1. The van der Waals surface area contributed by atoms with Crippen molar-refractivity contribution in [2.75, 3.05) is 5.32 Å². The lowest BCUT2D eigenvalue weighted by atomic mass is 10.2. The van der Waals surface area contributed by atoms with Crippen LogP contribution in [0.1, 0.15) is 17.3 Å². The van der Waals surface area contributed by atoms with Crippen molar-refractivity contribution in [3.8, 4) is 5.75 Å². The molecule has 0 aliphatic heterocycles. The topological polar surface area (TPSA) is 75.6 Å². The number of anilines is 1. The fraction of sp³-hybridized carbons (Fsp3) is 0.200. The fourth-order valence-electron chi connectivity index (χ4n) is 1.15. The van der Waals surface area contributed by atoms with E-state index in [1.54, 1.807) is 0 Å². The zero-order valence-electron chi connectivity index (χ0n) is 8.74. The SMILES string of the molecule is CC(=O)Nc1cc(C(=O)O)ccc1OC(F)F. The maximum atomic E-state index is 12.0. The Labute approximate surface area is 95.0 Å². The number of benzene rings is 1. The van der Waals surface area contributed by atoms with Crippen LogP contribution >= 0.6 is 0 Å². The molecule has 0 saturated heterocycles. The summed E-state index contributed by atoms with van der Waals surface area (Å²) in [5.41, 5.74) is -0.256. The van der Waals surface area contributed by atoms with Gasteiger partial charge in [0.1, 0.15) is 5.75 Å². The smallest absolute Gasteiger partial charge is 0.387 e. The van der Waals surface area contributed by atoms with Gasteiger partial charge in [0.2, 0.25) is 5.91 Å². The van der Waals surface area contributed by atoms with Crippen LogP contribution in [0.4, 0.5) is 14.5 Å². The van der Waals surface area contributed by atoms with Crippen molar-refractivity contribution in [2.45, 2.75) is 13.5 Å². The Bertz CT molecular complexity index is 448. The van der Waals surface area contributed by atoms with Gasteiger partial charge < -0.3 is 15.2 Å². The second kappa shape index (κ2) is 5.24. The molecule has 1 aromatic rings. The van der Waals surface area contributed by atoms with Crippen LogP contribution in [-0.2, 0) is 4.79 Å². The highest BCUT2D eigenvalue weighted by molar-refractivity contribution is 5.94. The van der Waals surface area contributed by atoms with Gasteiger partial charge in [-0.25, -0.2) is 4.79 Å². The van der Waals surface area contributed by atoms with Crippen molar-refractivity contribution in [1.29, 1.82) is 0 Å². The molecule has 0 saturated carbocycles. The quantitative estimate of drug-likeness (QED) is 0.849. The Morgan fingerprint density at radius 1 is 1.41 bits per heavy atom. The number of carbonyl (C=O) groups excluding carboxylic acids is 1. The number of nitrogens with one attached hydrogen (secondary N) is 1. The molecule has 0 bridgehead atoms. The molecule has 0 fully saturated rings.